The summed E-state index contributed by atoms with van der Waals surface area (Å²) in [5.74, 6) is 0. The molecule has 0 aliphatic heterocycles. The number of rotatable bonds is 4. The van der Waals surface area contributed by atoms with E-state index in [0.29, 0.717) is 0 Å². The fourth-order valence-electron chi connectivity index (χ4n) is 2.50. The first-order valence-electron chi connectivity index (χ1n) is 9.36. The van der Waals surface area contributed by atoms with Crippen LogP contribution in [0.2, 0.25) is 36.3 Å². The van der Waals surface area contributed by atoms with Crippen LogP contribution in [0.4, 0.5) is 0 Å². The SMILES string of the molecule is C=C1/C(=C/Br)C[C@@H](O[Si](C)(C)C(C)(C)C)C[C@@H]1O[Si](C)(C)C(C)(C)C. The molecule has 0 radical (unpaired) electrons. The van der Waals surface area contributed by atoms with Crippen molar-refractivity contribution in [2.75, 3.05) is 0 Å². The van der Waals surface area contributed by atoms with Crippen molar-refractivity contribution in [3.05, 3.63) is 22.7 Å². The second-order valence-electron chi connectivity index (χ2n) is 10.5. The van der Waals surface area contributed by atoms with Gasteiger partial charge in [-0.3, -0.25) is 0 Å². The van der Waals surface area contributed by atoms with Crippen molar-refractivity contribution in [3.8, 4) is 0 Å². The molecule has 0 aromatic carbocycles. The van der Waals surface area contributed by atoms with E-state index in [4.69, 9.17) is 8.85 Å². The lowest BCUT2D eigenvalue weighted by molar-refractivity contribution is 0.0971. The highest BCUT2D eigenvalue weighted by Crippen LogP contribution is 2.44. The average molecular weight is 448 g/mol. The number of halogens is 1. The minimum Gasteiger partial charge on any atom is -0.413 e. The van der Waals surface area contributed by atoms with Crippen LogP contribution in [0.5, 0.6) is 0 Å². The Kier molecular flexibility index (Phi) is 7.23. The van der Waals surface area contributed by atoms with Crippen LogP contribution < -0.4 is 0 Å². The van der Waals surface area contributed by atoms with Gasteiger partial charge in [-0.25, -0.2) is 0 Å². The van der Waals surface area contributed by atoms with Gasteiger partial charge in [0.1, 0.15) is 0 Å². The van der Waals surface area contributed by atoms with Crippen LogP contribution in [0.1, 0.15) is 54.4 Å². The second kappa shape index (κ2) is 7.74. The maximum Gasteiger partial charge on any atom is 0.192 e. The first-order chi connectivity index (χ1) is 11.0. The minimum atomic E-state index is -1.85. The fourth-order valence-corrected chi connectivity index (χ4v) is 5.65. The van der Waals surface area contributed by atoms with Crippen molar-refractivity contribution in [1.82, 2.24) is 0 Å². The first-order valence-corrected chi connectivity index (χ1v) is 16.1. The van der Waals surface area contributed by atoms with Crippen molar-refractivity contribution in [2.24, 2.45) is 0 Å². The molecule has 0 amide bonds. The predicted molar refractivity (Wildman–Crippen MR) is 120 cm³/mol. The van der Waals surface area contributed by atoms with Gasteiger partial charge in [0.05, 0.1) is 12.2 Å². The molecule has 0 bridgehead atoms. The van der Waals surface area contributed by atoms with Gasteiger partial charge in [-0.1, -0.05) is 64.1 Å². The standard InChI is InChI=1S/C20H39BrO2Si2/c1-15-16(14-21)12-17(22-24(8,9)19(2,3)4)13-18(15)23-25(10,11)20(5,6)7/h14,17-18H,1,12-13H2,2-11H3/b16-14+/t17-,18+/m1/s1. The van der Waals surface area contributed by atoms with Gasteiger partial charge >= 0.3 is 0 Å². The molecule has 1 aliphatic carbocycles. The second-order valence-corrected chi connectivity index (χ2v) is 20.4. The average Bonchev–Trinajstić information content (AvgIpc) is 2.38. The van der Waals surface area contributed by atoms with Crippen LogP contribution >= 0.6 is 15.9 Å². The summed E-state index contributed by atoms with van der Waals surface area (Å²) in [5.41, 5.74) is 2.36. The summed E-state index contributed by atoms with van der Waals surface area (Å²) in [6.45, 7) is 27.4. The lowest BCUT2D eigenvalue weighted by atomic mass is 9.87. The molecular formula is C20H39BrO2Si2. The van der Waals surface area contributed by atoms with Gasteiger partial charge in [0.2, 0.25) is 0 Å². The summed E-state index contributed by atoms with van der Waals surface area (Å²) < 4.78 is 13.5. The van der Waals surface area contributed by atoms with Crippen molar-refractivity contribution in [1.29, 1.82) is 0 Å². The highest BCUT2D eigenvalue weighted by atomic mass is 79.9. The van der Waals surface area contributed by atoms with Gasteiger partial charge < -0.3 is 8.85 Å². The monoisotopic (exact) mass is 446 g/mol. The van der Waals surface area contributed by atoms with E-state index in [0.717, 1.165) is 18.4 Å². The topological polar surface area (TPSA) is 18.5 Å². The molecule has 146 valence electrons. The first kappa shape index (κ1) is 23.4. The summed E-state index contributed by atoms with van der Waals surface area (Å²) in [7, 11) is -3.65. The van der Waals surface area contributed by atoms with E-state index in [1.165, 1.54) is 5.57 Å². The Hall–Kier alpha value is 0.314. The van der Waals surface area contributed by atoms with Gasteiger partial charge in [0.15, 0.2) is 16.6 Å². The quantitative estimate of drug-likeness (QED) is 0.418. The highest BCUT2D eigenvalue weighted by molar-refractivity contribution is 9.11. The summed E-state index contributed by atoms with van der Waals surface area (Å²) in [6, 6.07) is 0. The van der Waals surface area contributed by atoms with Crippen molar-refractivity contribution < 1.29 is 8.85 Å². The van der Waals surface area contributed by atoms with E-state index in [2.05, 4.69) is 90.2 Å². The van der Waals surface area contributed by atoms with Gasteiger partial charge in [-0.05, 0) is 58.8 Å². The Labute approximate surface area is 166 Å². The highest BCUT2D eigenvalue weighted by Gasteiger charge is 2.44. The van der Waals surface area contributed by atoms with Gasteiger partial charge in [-0.2, -0.15) is 0 Å². The van der Waals surface area contributed by atoms with Crippen molar-refractivity contribution >= 4 is 32.6 Å². The van der Waals surface area contributed by atoms with E-state index in [1.54, 1.807) is 0 Å². The molecule has 1 rings (SSSR count). The molecule has 1 saturated carbocycles. The molecule has 0 N–H and O–H groups in total. The lowest BCUT2D eigenvalue weighted by Crippen LogP contribution is -2.49. The van der Waals surface area contributed by atoms with Gasteiger partial charge in [0.25, 0.3) is 0 Å². The van der Waals surface area contributed by atoms with E-state index in [1.807, 2.05) is 4.99 Å². The van der Waals surface area contributed by atoms with Crippen LogP contribution in [-0.2, 0) is 8.85 Å². The number of hydrogen-bond acceptors (Lipinski definition) is 2. The van der Waals surface area contributed by atoms with Crippen LogP contribution in [0.3, 0.4) is 0 Å². The third-order valence-corrected chi connectivity index (χ3v) is 15.9. The Morgan fingerprint density at radius 1 is 0.960 bits per heavy atom. The smallest absolute Gasteiger partial charge is 0.192 e. The summed E-state index contributed by atoms with van der Waals surface area (Å²) in [4.78, 5) is 2.01. The Bertz CT molecular complexity index is 525. The molecule has 0 heterocycles. The Balaban J connectivity index is 3.02. The molecule has 0 aromatic rings. The van der Waals surface area contributed by atoms with Gasteiger partial charge in [0, 0.05) is 6.42 Å². The Morgan fingerprint density at radius 3 is 1.80 bits per heavy atom. The maximum atomic E-state index is 6.73. The zero-order valence-electron chi connectivity index (χ0n) is 18.0. The third kappa shape index (κ3) is 5.64. The van der Waals surface area contributed by atoms with Crippen LogP contribution in [0.15, 0.2) is 22.7 Å². The van der Waals surface area contributed by atoms with Gasteiger partial charge in [-0.15, -0.1) is 0 Å². The molecule has 5 heteroatoms. The summed E-state index contributed by atoms with van der Waals surface area (Å²) in [6.07, 6.45) is 2.12. The van der Waals surface area contributed by atoms with Crippen molar-refractivity contribution in [3.63, 3.8) is 0 Å². The molecule has 1 fully saturated rings. The maximum absolute atomic E-state index is 6.73. The minimum absolute atomic E-state index is 0.0632. The summed E-state index contributed by atoms with van der Waals surface area (Å²) in [5, 5.41) is 0.411. The summed E-state index contributed by atoms with van der Waals surface area (Å²) >= 11 is 3.53. The third-order valence-electron chi connectivity index (χ3n) is 6.37. The lowest BCUT2D eigenvalue weighted by Gasteiger charge is -2.45. The zero-order valence-corrected chi connectivity index (χ0v) is 21.6. The largest absolute Gasteiger partial charge is 0.413 e. The van der Waals surface area contributed by atoms with Crippen LogP contribution in [-0.4, -0.2) is 28.8 Å². The molecule has 2 nitrogen and oxygen atoms in total. The molecule has 25 heavy (non-hydrogen) atoms. The molecular weight excluding hydrogens is 408 g/mol. The molecule has 1 aliphatic rings. The van der Waals surface area contributed by atoms with E-state index in [9.17, 15) is 0 Å². The number of hydrogen-bond donors (Lipinski definition) is 0. The molecule has 0 spiro atoms. The van der Waals surface area contributed by atoms with Crippen LogP contribution in [0, 0.1) is 0 Å². The fraction of sp³-hybridized carbons (Fsp3) is 0.800. The predicted octanol–water partition coefficient (Wildman–Crippen LogP) is 7.40. The molecule has 2 atom stereocenters. The van der Waals surface area contributed by atoms with Crippen LogP contribution in [0.25, 0.3) is 0 Å². The van der Waals surface area contributed by atoms with E-state index < -0.39 is 16.6 Å². The normalized spacial score (nSPS) is 25.6. The van der Waals surface area contributed by atoms with Crippen molar-refractivity contribution in [2.45, 2.75) is 103 Å². The Morgan fingerprint density at radius 2 is 1.40 bits per heavy atom. The molecule has 0 saturated heterocycles. The molecule has 0 aromatic heterocycles. The zero-order chi connectivity index (χ0) is 19.8. The van der Waals surface area contributed by atoms with E-state index >= 15 is 0 Å². The molecule has 0 unspecified atom stereocenters. The van der Waals surface area contributed by atoms with E-state index in [-0.39, 0.29) is 22.3 Å².